The molecule has 4 aromatic rings. The molecule has 3 aromatic heterocycles. The van der Waals surface area contributed by atoms with Crippen molar-refractivity contribution in [3.8, 4) is 5.88 Å². The first-order valence-corrected chi connectivity index (χ1v) is 8.67. The van der Waals surface area contributed by atoms with Gasteiger partial charge in [0.2, 0.25) is 5.88 Å². The number of aromatic amines is 1. The highest BCUT2D eigenvalue weighted by Gasteiger charge is 2.14. The van der Waals surface area contributed by atoms with Crippen LogP contribution in [0.1, 0.15) is 23.9 Å². The van der Waals surface area contributed by atoms with Crippen molar-refractivity contribution in [1.82, 2.24) is 24.4 Å². The van der Waals surface area contributed by atoms with Gasteiger partial charge in [-0.1, -0.05) is 19.1 Å². The Morgan fingerprint density at radius 3 is 2.63 bits per heavy atom. The molecule has 0 saturated heterocycles. The number of aromatic nitrogens is 5. The molecule has 8 heteroatoms. The van der Waals surface area contributed by atoms with Crippen LogP contribution in [-0.4, -0.2) is 31.5 Å². The van der Waals surface area contributed by atoms with Gasteiger partial charge < -0.3 is 4.74 Å². The third-order valence-electron chi connectivity index (χ3n) is 4.67. The minimum absolute atomic E-state index is 0.0825. The second-order valence-corrected chi connectivity index (χ2v) is 6.33. The van der Waals surface area contributed by atoms with E-state index in [1.807, 2.05) is 19.9 Å². The number of methoxy groups -OCH3 is 1. The summed E-state index contributed by atoms with van der Waals surface area (Å²) in [5.41, 5.74) is 2.46. The normalized spacial score (nSPS) is 11.4. The van der Waals surface area contributed by atoms with Gasteiger partial charge in [0.05, 0.1) is 30.1 Å². The maximum Gasteiger partial charge on any atom is 0.275 e. The van der Waals surface area contributed by atoms with Crippen LogP contribution in [0.25, 0.3) is 16.4 Å². The number of rotatable bonds is 4. The summed E-state index contributed by atoms with van der Waals surface area (Å²) in [5.74, 6) is 0.356. The number of ether oxygens (including phenoxy) is 1. The van der Waals surface area contributed by atoms with Crippen LogP contribution in [-0.2, 0) is 13.0 Å². The van der Waals surface area contributed by atoms with E-state index in [4.69, 9.17) is 4.74 Å². The van der Waals surface area contributed by atoms with Crippen LogP contribution in [0.4, 0.5) is 0 Å². The van der Waals surface area contributed by atoms with E-state index in [9.17, 15) is 9.59 Å². The molecule has 0 bridgehead atoms. The van der Waals surface area contributed by atoms with Crippen molar-refractivity contribution in [2.45, 2.75) is 26.8 Å². The highest BCUT2D eigenvalue weighted by atomic mass is 16.5. The molecule has 138 valence electrons. The smallest absolute Gasteiger partial charge is 0.275 e. The summed E-state index contributed by atoms with van der Waals surface area (Å²) in [6.07, 6.45) is 0.747. The Balaban J connectivity index is 1.89. The topological polar surface area (TPSA) is 94.3 Å². The average Bonchev–Trinajstić information content (AvgIpc) is 3.00. The SMILES string of the molecule is CCc1c(C)[nH]n2c(=O)cc(Cn3nc(OC)c4ccccc4c3=O)nc12. The Labute approximate surface area is 154 Å². The Hall–Kier alpha value is -3.42. The van der Waals surface area contributed by atoms with E-state index in [0.717, 1.165) is 17.7 Å². The number of H-pyrrole nitrogens is 1. The van der Waals surface area contributed by atoms with Crippen LogP contribution in [0.5, 0.6) is 5.88 Å². The van der Waals surface area contributed by atoms with Gasteiger partial charge in [-0.3, -0.25) is 14.7 Å². The molecule has 3 heterocycles. The van der Waals surface area contributed by atoms with Gasteiger partial charge in [-0.15, -0.1) is 5.10 Å². The fourth-order valence-electron chi connectivity index (χ4n) is 3.36. The van der Waals surface area contributed by atoms with E-state index in [1.54, 1.807) is 18.2 Å². The number of nitrogens with one attached hydrogen (secondary N) is 1. The van der Waals surface area contributed by atoms with Crippen LogP contribution < -0.4 is 15.9 Å². The first-order chi connectivity index (χ1) is 13.0. The zero-order valence-corrected chi connectivity index (χ0v) is 15.3. The number of fused-ring (bicyclic) bond motifs is 2. The van der Waals surface area contributed by atoms with Crippen molar-refractivity contribution in [1.29, 1.82) is 0 Å². The van der Waals surface area contributed by atoms with E-state index in [0.29, 0.717) is 28.0 Å². The van der Waals surface area contributed by atoms with E-state index >= 15 is 0 Å². The van der Waals surface area contributed by atoms with Gasteiger partial charge in [0.1, 0.15) is 0 Å². The first kappa shape index (κ1) is 17.0. The van der Waals surface area contributed by atoms with E-state index < -0.39 is 0 Å². The lowest BCUT2D eigenvalue weighted by molar-refractivity contribution is 0.385. The molecule has 0 aliphatic rings. The van der Waals surface area contributed by atoms with Crippen LogP contribution in [0.15, 0.2) is 39.9 Å². The van der Waals surface area contributed by atoms with Gasteiger partial charge in [-0.25, -0.2) is 14.2 Å². The zero-order valence-electron chi connectivity index (χ0n) is 15.3. The lowest BCUT2D eigenvalue weighted by Gasteiger charge is -2.09. The molecule has 0 saturated carbocycles. The first-order valence-electron chi connectivity index (χ1n) is 8.67. The number of benzene rings is 1. The summed E-state index contributed by atoms with van der Waals surface area (Å²) >= 11 is 0. The number of hydrogen-bond acceptors (Lipinski definition) is 5. The maximum atomic E-state index is 12.8. The molecule has 1 aromatic carbocycles. The molecule has 0 amide bonds. The van der Waals surface area contributed by atoms with E-state index in [1.165, 1.54) is 22.4 Å². The molecule has 0 atom stereocenters. The standard InChI is InChI=1S/C19H19N5O3/c1-4-13-11(2)21-24-16(25)9-12(20-17(13)24)10-23-19(26)15-8-6-5-7-14(15)18(22-23)27-3/h5-9,21H,4,10H2,1-3H3. The molecule has 8 nitrogen and oxygen atoms in total. The Morgan fingerprint density at radius 2 is 1.93 bits per heavy atom. The van der Waals surface area contributed by atoms with Gasteiger partial charge in [0, 0.05) is 17.3 Å². The second-order valence-electron chi connectivity index (χ2n) is 6.33. The average molecular weight is 365 g/mol. The molecule has 0 fully saturated rings. The number of aryl methyl sites for hydroxylation is 2. The molecule has 0 aliphatic carbocycles. The van der Waals surface area contributed by atoms with Crippen molar-refractivity contribution in [3.63, 3.8) is 0 Å². The van der Waals surface area contributed by atoms with Crippen LogP contribution in [0.2, 0.25) is 0 Å². The fourth-order valence-corrected chi connectivity index (χ4v) is 3.36. The van der Waals surface area contributed by atoms with Crippen molar-refractivity contribution >= 4 is 16.4 Å². The summed E-state index contributed by atoms with van der Waals surface area (Å²) in [7, 11) is 1.51. The summed E-state index contributed by atoms with van der Waals surface area (Å²) < 4.78 is 8.04. The molecule has 27 heavy (non-hydrogen) atoms. The molecule has 1 N–H and O–H groups in total. The predicted molar refractivity (Wildman–Crippen MR) is 102 cm³/mol. The fraction of sp³-hybridized carbons (Fsp3) is 0.263. The summed E-state index contributed by atoms with van der Waals surface area (Å²) in [6.45, 7) is 4.00. The molecule has 0 aliphatic heterocycles. The lowest BCUT2D eigenvalue weighted by Crippen LogP contribution is -2.26. The highest BCUT2D eigenvalue weighted by molar-refractivity contribution is 5.85. The molecule has 0 unspecified atom stereocenters. The molecule has 0 spiro atoms. The third kappa shape index (κ3) is 2.69. The third-order valence-corrected chi connectivity index (χ3v) is 4.67. The van der Waals surface area contributed by atoms with Crippen LogP contribution >= 0.6 is 0 Å². The van der Waals surface area contributed by atoms with Gasteiger partial charge >= 0.3 is 0 Å². The summed E-state index contributed by atoms with van der Waals surface area (Å²) in [4.78, 5) is 29.8. The van der Waals surface area contributed by atoms with Gasteiger partial charge in [0.25, 0.3) is 11.1 Å². The minimum atomic E-state index is -0.255. The van der Waals surface area contributed by atoms with Crippen LogP contribution in [0, 0.1) is 6.92 Å². The quantitative estimate of drug-likeness (QED) is 0.594. The molecule has 0 radical (unpaired) electrons. The molecular weight excluding hydrogens is 346 g/mol. The van der Waals surface area contributed by atoms with Crippen molar-refractivity contribution in [2.75, 3.05) is 7.11 Å². The Bertz CT molecular complexity index is 1280. The number of nitrogens with zero attached hydrogens (tertiary/aromatic N) is 4. The zero-order chi connectivity index (χ0) is 19.1. The van der Waals surface area contributed by atoms with E-state index in [-0.39, 0.29) is 17.7 Å². The van der Waals surface area contributed by atoms with Crippen molar-refractivity contribution in [2.24, 2.45) is 0 Å². The van der Waals surface area contributed by atoms with E-state index in [2.05, 4.69) is 15.2 Å². The van der Waals surface area contributed by atoms with Crippen molar-refractivity contribution in [3.05, 3.63) is 68.0 Å². The molecular formula is C19H19N5O3. The van der Waals surface area contributed by atoms with Gasteiger partial charge in [-0.05, 0) is 25.5 Å². The Morgan fingerprint density at radius 1 is 1.19 bits per heavy atom. The van der Waals surface area contributed by atoms with Gasteiger partial charge in [-0.2, -0.15) is 0 Å². The summed E-state index contributed by atoms with van der Waals surface area (Å²) in [5, 5.41) is 8.49. The predicted octanol–water partition coefficient (Wildman–Crippen LogP) is 1.66. The summed E-state index contributed by atoms with van der Waals surface area (Å²) in [6, 6.07) is 8.56. The number of hydrogen-bond donors (Lipinski definition) is 1. The largest absolute Gasteiger partial charge is 0.480 e. The highest BCUT2D eigenvalue weighted by Crippen LogP contribution is 2.19. The van der Waals surface area contributed by atoms with Gasteiger partial charge in [0.15, 0.2) is 5.65 Å². The second kappa shape index (κ2) is 6.39. The Kier molecular flexibility index (Phi) is 4.02. The maximum absolute atomic E-state index is 12.8. The molecule has 4 rings (SSSR count). The lowest BCUT2D eigenvalue weighted by atomic mass is 10.2. The van der Waals surface area contributed by atoms with Crippen LogP contribution in [0.3, 0.4) is 0 Å². The minimum Gasteiger partial charge on any atom is -0.480 e. The monoisotopic (exact) mass is 365 g/mol. The van der Waals surface area contributed by atoms with Crippen molar-refractivity contribution < 1.29 is 4.74 Å².